The van der Waals surface area contributed by atoms with E-state index in [0.29, 0.717) is 0 Å². The molecule has 0 aromatic carbocycles. The number of fused-ring (bicyclic) bond motifs is 1. The summed E-state index contributed by atoms with van der Waals surface area (Å²) in [6, 6.07) is 6.38. The van der Waals surface area contributed by atoms with Gasteiger partial charge in [0.05, 0.1) is 5.52 Å². The van der Waals surface area contributed by atoms with Crippen LogP contribution < -0.4 is 0 Å². The van der Waals surface area contributed by atoms with Crippen molar-refractivity contribution in [1.29, 1.82) is 0 Å². The van der Waals surface area contributed by atoms with E-state index in [2.05, 4.69) is 37.1 Å². The Morgan fingerprint density at radius 3 is 3.07 bits per heavy atom. The molecule has 2 aromatic heterocycles. The third kappa shape index (κ3) is 2.20. The zero-order valence-electron chi connectivity index (χ0n) is 9.48. The van der Waals surface area contributed by atoms with Crippen LogP contribution in [0.1, 0.15) is 32.3 Å². The lowest BCUT2D eigenvalue weighted by atomic mass is 9.97. The fourth-order valence-electron chi connectivity index (χ4n) is 2.16. The number of nitrogens with zero attached hydrogens (tertiary/aromatic N) is 2. The second kappa shape index (κ2) is 4.47. The molecule has 80 valence electrons. The quantitative estimate of drug-likeness (QED) is 0.743. The summed E-state index contributed by atoms with van der Waals surface area (Å²) in [5.74, 6) is 0.760. The molecule has 15 heavy (non-hydrogen) atoms. The molecule has 1 atom stereocenters. The van der Waals surface area contributed by atoms with Gasteiger partial charge in [-0.15, -0.1) is 0 Å². The van der Waals surface area contributed by atoms with Crippen LogP contribution in [0.25, 0.3) is 5.52 Å². The molecule has 0 aliphatic heterocycles. The van der Waals surface area contributed by atoms with Gasteiger partial charge in [0.2, 0.25) is 0 Å². The molecular formula is C13H18N2. The molecule has 0 spiro atoms. The van der Waals surface area contributed by atoms with Crippen molar-refractivity contribution in [1.82, 2.24) is 9.61 Å². The van der Waals surface area contributed by atoms with Gasteiger partial charge in [0.1, 0.15) is 0 Å². The minimum absolute atomic E-state index is 0.760. The highest BCUT2D eigenvalue weighted by Gasteiger charge is 2.06. The molecule has 0 aliphatic carbocycles. The molecule has 0 N–H and O–H groups in total. The highest BCUT2D eigenvalue weighted by molar-refractivity contribution is 5.53. The monoisotopic (exact) mass is 202 g/mol. The molecule has 1 unspecified atom stereocenters. The number of aromatic nitrogens is 2. The average Bonchev–Trinajstić information content (AvgIpc) is 2.67. The maximum absolute atomic E-state index is 4.25. The molecule has 0 saturated heterocycles. The summed E-state index contributed by atoms with van der Waals surface area (Å²) in [7, 11) is 0. The lowest BCUT2D eigenvalue weighted by Gasteiger charge is -2.10. The molecule has 0 bridgehead atoms. The first-order valence-corrected chi connectivity index (χ1v) is 5.72. The largest absolute Gasteiger partial charge is 0.241 e. The van der Waals surface area contributed by atoms with E-state index in [-0.39, 0.29) is 0 Å². The van der Waals surface area contributed by atoms with Gasteiger partial charge in [0.25, 0.3) is 0 Å². The SMILES string of the molecule is CCCC(C)Cc1cccn2nccc12. The number of hydrogen-bond donors (Lipinski definition) is 0. The summed E-state index contributed by atoms with van der Waals surface area (Å²) >= 11 is 0. The van der Waals surface area contributed by atoms with Crippen LogP contribution in [0.2, 0.25) is 0 Å². The van der Waals surface area contributed by atoms with Crippen LogP contribution >= 0.6 is 0 Å². The first-order chi connectivity index (χ1) is 7.31. The van der Waals surface area contributed by atoms with Gasteiger partial charge in [-0.2, -0.15) is 5.10 Å². The fraction of sp³-hybridized carbons (Fsp3) is 0.462. The van der Waals surface area contributed by atoms with Crippen molar-refractivity contribution < 1.29 is 0 Å². The second-order valence-electron chi connectivity index (χ2n) is 4.29. The van der Waals surface area contributed by atoms with Crippen molar-refractivity contribution in [2.45, 2.75) is 33.1 Å². The van der Waals surface area contributed by atoms with E-state index in [4.69, 9.17) is 0 Å². The summed E-state index contributed by atoms with van der Waals surface area (Å²) in [5.41, 5.74) is 2.66. The van der Waals surface area contributed by atoms with E-state index in [0.717, 1.165) is 12.3 Å². The highest BCUT2D eigenvalue weighted by Crippen LogP contribution is 2.17. The van der Waals surface area contributed by atoms with Crippen LogP contribution in [0.3, 0.4) is 0 Å². The Balaban J connectivity index is 2.23. The van der Waals surface area contributed by atoms with Crippen LogP contribution in [-0.2, 0) is 6.42 Å². The molecule has 2 aromatic rings. The smallest absolute Gasteiger partial charge is 0.0693 e. The van der Waals surface area contributed by atoms with E-state index in [9.17, 15) is 0 Å². The Morgan fingerprint density at radius 1 is 1.40 bits per heavy atom. The van der Waals surface area contributed by atoms with Gasteiger partial charge < -0.3 is 0 Å². The van der Waals surface area contributed by atoms with Gasteiger partial charge in [-0.1, -0.05) is 32.8 Å². The molecule has 0 radical (unpaired) electrons. The second-order valence-corrected chi connectivity index (χ2v) is 4.29. The van der Waals surface area contributed by atoms with Crippen molar-refractivity contribution in [3.8, 4) is 0 Å². The Morgan fingerprint density at radius 2 is 2.27 bits per heavy atom. The fourth-order valence-corrected chi connectivity index (χ4v) is 2.16. The third-order valence-corrected chi connectivity index (χ3v) is 2.87. The van der Waals surface area contributed by atoms with Gasteiger partial charge in [-0.3, -0.25) is 0 Å². The minimum atomic E-state index is 0.760. The van der Waals surface area contributed by atoms with E-state index in [1.54, 1.807) is 0 Å². The van der Waals surface area contributed by atoms with Crippen molar-refractivity contribution in [3.63, 3.8) is 0 Å². The van der Waals surface area contributed by atoms with E-state index in [1.165, 1.54) is 23.9 Å². The van der Waals surface area contributed by atoms with Crippen LogP contribution in [0.5, 0.6) is 0 Å². The van der Waals surface area contributed by atoms with Crippen molar-refractivity contribution in [2.75, 3.05) is 0 Å². The standard InChI is InChI=1S/C13H18N2/c1-3-5-11(2)10-12-6-4-9-15-13(12)7-8-14-15/h4,6-9,11H,3,5,10H2,1-2H3. The maximum Gasteiger partial charge on any atom is 0.0693 e. The van der Waals surface area contributed by atoms with Crippen LogP contribution in [0.15, 0.2) is 30.6 Å². The van der Waals surface area contributed by atoms with Gasteiger partial charge in [0.15, 0.2) is 0 Å². The molecule has 2 rings (SSSR count). The molecule has 0 amide bonds. The van der Waals surface area contributed by atoms with E-state index in [1.807, 2.05) is 16.9 Å². The van der Waals surface area contributed by atoms with Crippen molar-refractivity contribution in [2.24, 2.45) is 5.92 Å². The van der Waals surface area contributed by atoms with Gasteiger partial charge in [-0.25, -0.2) is 4.52 Å². The summed E-state index contributed by atoms with van der Waals surface area (Å²) in [6.45, 7) is 4.57. The van der Waals surface area contributed by atoms with E-state index >= 15 is 0 Å². The summed E-state index contributed by atoms with van der Waals surface area (Å²) in [5, 5.41) is 4.25. The molecule has 0 saturated carbocycles. The van der Waals surface area contributed by atoms with E-state index < -0.39 is 0 Å². The molecular weight excluding hydrogens is 184 g/mol. The molecule has 0 fully saturated rings. The Labute approximate surface area is 90.9 Å². The Hall–Kier alpha value is -1.31. The van der Waals surface area contributed by atoms with Crippen molar-refractivity contribution in [3.05, 3.63) is 36.2 Å². The predicted molar refractivity (Wildman–Crippen MR) is 63.0 cm³/mol. The molecule has 0 aliphatic rings. The lowest BCUT2D eigenvalue weighted by molar-refractivity contribution is 0.523. The zero-order valence-corrected chi connectivity index (χ0v) is 9.48. The Bertz CT molecular complexity index is 431. The lowest BCUT2D eigenvalue weighted by Crippen LogP contribution is -2.01. The molecule has 2 nitrogen and oxygen atoms in total. The average molecular weight is 202 g/mol. The summed E-state index contributed by atoms with van der Waals surface area (Å²) < 4.78 is 1.95. The zero-order chi connectivity index (χ0) is 10.7. The minimum Gasteiger partial charge on any atom is -0.241 e. The van der Waals surface area contributed by atoms with Crippen LogP contribution in [-0.4, -0.2) is 9.61 Å². The molecule has 2 heteroatoms. The van der Waals surface area contributed by atoms with Crippen molar-refractivity contribution >= 4 is 5.52 Å². The maximum atomic E-state index is 4.25. The van der Waals surface area contributed by atoms with Gasteiger partial charge >= 0.3 is 0 Å². The first-order valence-electron chi connectivity index (χ1n) is 5.72. The van der Waals surface area contributed by atoms with Gasteiger partial charge in [-0.05, 0) is 30.0 Å². The number of rotatable bonds is 4. The highest BCUT2D eigenvalue weighted by atomic mass is 15.2. The number of pyridine rings is 1. The van der Waals surface area contributed by atoms with Crippen LogP contribution in [0.4, 0.5) is 0 Å². The summed E-state index contributed by atoms with van der Waals surface area (Å²) in [4.78, 5) is 0. The predicted octanol–water partition coefficient (Wildman–Crippen LogP) is 3.31. The summed E-state index contributed by atoms with van der Waals surface area (Å²) in [6.07, 6.45) is 7.59. The van der Waals surface area contributed by atoms with Gasteiger partial charge in [0, 0.05) is 12.4 Å². The molecule has 2 heterocycles. The normalized spacial score (nSPS) is 13.2. The third-order valence-electron chi connectivity index (χ3n) is 2.87. The first kappa shape index (κ1) is 10.2. The number of hydrogen-bond acceptors (Lipinski definition) is 1. The topological polar surface area (TPSA) is 17.3 Å². The Kier molecular flexibility index (Phi) is 3.05. The van der Waals surface area contributed by atoms with Crippen LogP contribution in [0, 0.1) is 5.92 Å².